The van der Waals surface area contributed by atoms with Gasteiger partial charge in [-0.1, -0.05) is 39.0 Å². The summed E-state index contributed by atoms with van der Waals surface area (Å²) in [5.74, 6) is 0.512. The Kier molecular flexibility index (Phi) is 7.48. The molecule has 1 rings (SSSR count). The van der Waals surface area contributed by atoms with Crippen LogP contribution in [0, 0.1) is 0 Å². The van der Waals surface area contributed by atoms with Crippen molar-refractivity contribution in [3.8, 4) is 6.01 Å². The lowest BCUT2D eigenvalue weighted by Gasteiger charge is -2.11. The van der Waals surface area contributed by atoms with E-state index in [1.54, 1.807) is 4.90 Å². The molecule has 0 bridgehead atoms. The summed E-state index contributed by atoms with van der Waals surface area (Å²) in [5.41, 5.74) is 0. The minimum Gasteiger partial charge on any atom is -0.463 e. The molecule has 5 nitrogen and oxygen atoms in total. The van der Waals surface area contributed by atoms with Crippen molar-refractivity contribution >= 4 is 17.5 Å². The van der Waals surface area contributed by atoms with Crippen LogP contribution in [-0.2, 0) is 0 Å². The molecule has 1 heterocycles. The molecule has 0 saturated carbocycles. The summed E-state index contributed by atoms with van der Waals surface area (Å²) in [4.78, 5) is 13.9. The van der Waals surface area contributed by atoms with Crippen LogP contribution in [0.2, 0.25) is 5.28 Å². The second kappa shape index (κ2) is 8.91. The highest BCUT2D eigenvalue weighted by Crippen LogP contribution is 2.13. The fourth-order valence-corrected chi connectivity index (χ4v) is 1.78. The summed E-state index contributed by atoms with van der Waals surface area (Å²) >= 11 is 5.82. The first-order valence-electron chi connectivity index (χ1n) is 6.85. The normalized spacial score (nSPS) is 10.5. The number of hydrogen-bond donors (Lipinski definition) is 0. The van der Waals surface area contributed by atoms with E-state index in [2.05, 4.69) is 21.9 Å². The Bertz CT molecular complexity index is 374. The van der Waals surface area contributed by atoms with E-state index in [4.69, 9.17) is 16.3 Å². The van der Waals surface area contributed by atoms with E-state index in [-0.39, 0.29) is 5.28 Å². The van der Waals surface area contributed by atoms with Crippen molar-refractivity contribution in [3.05, 3.63) is 5.28 Å². The van der Waals surface area contributed by atoms with Gasteiger partial charge in [0.1, 0.15) is 0 Å². The molecule has 6 heteroatoms. The molecule has 0 aromatic carbocycles. The van der Waals surface area contributed by atoms with Crippen LogP contribution in [0.15, 0.2) is 0 Å². The minimum absolute atomic E-state index is 0.164. The zero-order valence-corrected chi connectivity index (χ0v) is 12.8. The van der Waals surface area contributed by atoms with Crippen molar-refractivity contribution in [3.63, 3.8) is 0 Å². The van der Waals surface area contributed by atoms with Gasteiger partial charge in [0.2, 0.25) is 11.2 Å². The fraction of sp³-hybridized carbons (Fsp3) is 0.769. The molecular weight excluding hydrogens is 264 g/mol. The van der Waals surface area contributed by atoms with Crippen molar-refractivity contribution in [1.82, 2.24) is 15.0 Å². The quantitative estimate of drug-likeness (QED) is 0.652. The first-order chi connectivity index (χ1) is 9.13. The highest BCUT2D eigenvalue weighted by molar-refractivity contribution is 6.28. The predicted octanol–water partition coefficient (Wildman–Crippen LogP) is 3.33. The maximum absolute atomic E-state index is 5.82. The number of ether oxygens (including phenoxy) is 1. The van der Waals surface area contributed by atoms with Gasteiger partial charge in [0.25, 0.3) is 0 Å². The van der Waals surface area contributed by atoms with Crippen LogP contribution in [-0.4, -0.2) is 35.7 Å². The molecule has 108 valence electrons. The zero-order chi connectivity index (χ0) is 14.1. The van der Waals surface area contributed by atoms with Crippen molar-refractivity contribution in [2.45, 2.75) is 45.4 Å². The maximum atomic E-state index is 5.82. The smallest absolute Gasteiger partial charge is 0.322 e. The average molecular weight is 287 g/mol. The summed E-state index contributed by atoms with van der Waals surface area (Å²) in [6.07, 6.45) is 7.35. The third-order valence-electron chi connectivity index (χ3n) is 2.70. The Hall–Kier alpha value is -1.10. The van der Waals surface area contributed by atoms with Crippen molar-refractivity contribution in [2.75, 3.05) is 25.6 Å². The summed E-state index contributed by atoms with van der Waals surface area (Å²) in [6, 6.07) is 0.303. The molecule has 19 heavy (non-hydrogen) atoms. The summed E-state index contributed by atoms with van der Waals surface area (Å²) in [7, 11) is 3.70. The van der Waals surface area contributed by atoms with Gasteiger partial charge in [0.05, 0.1) is 6.61 Å². The molecule has 0 saturated heterocycles. The standard InChI is InChI=1S/C13H23ClN4O/c1-4-5-6-7-8-9-10-19-13-16-11(14)15-12(17-13)18(2)3/h4-10H2,1-3H3. The SMILES string of the molecule is CCCCCCCCOc1nc(Cl)nc(N(C)C)n1. The third-order valence-corrected chi connectivity index (χ3v) is 2.87. The third kappa shape index (κ3) is 6.57. The van der Waals surface area contributed by atoms with Crippen LogP contribution in [0.25, 0.3) is 0 Å². The molecular formula is C13H23ClN4O. The molecule has 0 N–H and O–H groups in total. The van der Waals surface area contributed by atoms with E-state index < -0.39 is 0 Å². The molecule has 0 radical (unpaired) electrons. The van der Waals surface area contributed by atoms with Crippen LogP contribution in [0.3, 0.4) is 0 Å². The van der Waals surface area contributed by atoms with E-state index >= 15 is 0 Å². The van der Waals surface area contributed by atoms with Crippen molar-refractivity contribution in [2.24, 2.45) is 0 Å². The second-order valence-corrected chi connectivity index (χ2v) is 5.04. The first kappa shape index (κ1) is 16.0. The fourth-order valence-electron chi connectivity index (χ4n) is 1.63. The summed E-state index contributed by atoms with van der Waals surface area (Å²) in [6.45, 7) is 2.84. The minimum atomic E-state index is 0.164. The van der Waals surface area contributed by atoms with Crippen LogP contribution in [0.1, 0.15) is 45.4 Å². The molecule has 0 aliphatic heterocycles. The average Bonchev–Trinajstić information content (AvgIpc) is 2.37. The Balaban J connectivity index is 2.29. The number of hydrogen-bond acceptors (Lipinski definition) is 5. The van der Waals surface area contributed by atoms with Gasteiger partial charge in [0.15, 0.2) is 0 Å². The lowest BCUT2D eigenvalue weighted by molar-refractivity contribution is 0.280. The van der Waals surface area contributed by atoms with E-state index in [0.29, 0.717) is 18.6 Å². The lowest BCUT2D eigenvalue weighted by Crippen LogP contribution is -2.14. The maximum Gasteiger partial charge on any atom is 0.322 e. The van der Waals surface area contributed by atoms with Crippen molar-refractivity contribution < 1.29 is 4.74 Å². The van der Waals surface area contributed by atoms with E-state index in [1.165, 1.54) is 32.1 Å². The molecule has 0 atom stereocenters. The van der Waals surface area contributed by atoms with Crippen molar-refractivity contribution in [1.29, 1.82) is 0 Å². The van der Waals surface area contributed by atoms with E-state index in [0.717, 1.165) is 6.42 Å². The zero-order valence-electron chi connectivity index (χ0n) is 12.0. The summed E-state index contributed by atoms with van der Waals surface area (Å²) < 4.78 is 5.51. The van der Waals surface area contributed by atoms with Gasteiger partial charge in [-0.05, 0) is 18.0 Å². The lowest BCUT2D eigenvalue weighted by atomic mass is 10.1. The number of nitrogens with zero attached hydrogens (tertiary/aromatic N) is 4. The van der Waals surface area contributed by atoms with Gasteiger partial charge in [-0.25, -0.2) is 0 Å². The van der Waals surface area contributed by atoms with E-state index in [9.17, 15) is 0 Å². The Labute approximate surface area is 120 Å². The molecule has 1 aromatic rings. The number of unbranched alkanes of at least 4 members (excludes halogenated alkanes) is 5. The molecule has 0 amide bonds. The van der Waals surface area contributed by atoms with Gasteiger partial charge >= 0.3 is 6.01 Å². The number of aromatic nitrogens is 3. The van der Waals surface area contributed by atoms with Crippen LogP contribution >= 0.6 is 11.6 Å². The predicted molar refractivity (Wildman–Crippen MR) is 78.0 cm³/mol. The van der Waals surface area contributed by atoms with E-state index in [1.807, 2.05) is 14.1 Å². The Morgan fingerprint density at radius 1 is 1.00 bits per heavy atom. The molecule has 0 unspecified atom stereocenters. The Morgan fingerprint density at radius 3 is 2.37 bits per heavy atom. The molecule has 0 aliphatic carbocycles. The largest absolute Gasteiger partial charge is 0.463 e. The topological polar surface area (TPSA) is 51.1 Å². The molecule has 0 fully saturated rings. The number of rotatable bonds is 9. The summed E-state index contributed by atoms with van der Waals surface area (Å²) in [5, 5.41) is 0.164. The van der Waals surface area contributed by atoms with Crippen LogP contribution in [0.4, 0.5) is 5.95 Å². The Morgan fingerprint density at radius 2 is 1.68 bits per heavy atom. The molecule has 0 aliphatic rings. The van der Waals surface area contributed by atoms with Gasteiger partial charge < -0.3 is 9.64 Å². The van der Waals surface area contributed by atoms with Gasteiger partial charge in [0, 0.05) is 14.1 Å². The van der Waals surface area contributed by atoms with Gasteiger partial charge in [-0.2, -0.15) is 15.0 Å². The first-order valence-corrected chi connectivity index (χ1v) is 7.23. The molecule has 1 aromatic heterocycles. The monoisotopic (exact) mass is 286 g/mol. The van der Waals surface area contributed by atoms with Crippen LogP contribution in [0.5, 0.6) is 6.01 Å². The van der Waals surface area contributed by atoms with Crippen LogP contribution < -0.4 is 9.64 Å². The number of halogens is 1. The number of anilines is 1. The van der Waals surface area contributed by atoms with Gasteiger partial charge in [-0.3, -0.25) is 0 Å². The highest BCUT2D eigenvalue weighted by atomic mass is 35.5. The molecule has 0 spiro atoms. The van der Waals surface area contributed by atoms with Gasteiger partial charge in [-0.15, -0.1) is 0 Å². The highest BCUT2D eigenvalue weighted by Gasteiger charge is 2.07. The second-order valence-electron chi connectivity index (χ2n) is 4.70.